The molecule has 118 valence electrons. The van der Waals surface area contributed by atoms with E-state index in [0.29, 0.717) is 18.5 Å². The minimum atomic E-state index is -1.00. The van der Waals surface area contributed by atoms with Crippen molar-refractivity contribution in [2.24, 2.45) is 0 Å². The number of benzene rings is 1. The van der Waals surface area contributed by atoms with Crippen molar-refractivity contribution in [2.75, 3.05) is 11.5 Å². The molecule has 1 atom stereocenters. The van der Waals surface area contributed by atoms with Gasteiger partial charge in [0, 0.05) is 5.75 Å². The van der Waals surface area contributed by atoms with Gasteiger partial charge in [-0.2, -0.15) is 11.8 Å². The Morgan fingerprint density at radius 3 is 2.41 bits per heavy atom. The number of carbonyl (C=O) groups excluding carboxylic acids is 3. The monoisotopic (exact) mass is 319 g/mol. The van der Waals surface area contributed by atoms with E-state index in [9.17, 15) is 14.4 Å². The molecule has 1 N–H and O–H groups in total. The summed E-state index contributed by atoms with van der Waals surface area (Å²) in [5.74, 6) is 0.529. The standard InChI is InChI=1S/C17H21NO3S/c1-11-6-12(2)14(13(3)7-11)8-16(21)18-17(15(20)9-19)4-5-22-10-17/h6-7,9H,4-5,8,10H2,1-3H3,(H,18,21). The zero-order chi connectivity index (χ0) is 16.3. The number of aryl methyl sites for hydroxylation is 3. The number of hydrogen-bond donors (Lipinski definition) is 1. The van der Waals surface area contributed by atoms with E-state index in [0.717, 1.165) is 22.4 Å². The van der Waals surface area contributed by atoms with Crippen molar-refractivity contribution in [3.63, 3.8) is 0 Å². The van der Waals surface area contributed by atoms with Crippen LogP contribution in [0.3, 0.4) is 0 Å². The summed E-state index contributed by atoms with van der Waals surface area (Å²) in [4.78, 5) is 35.2. The van der Waals surface area contributed by atoms with Crippen molar-refractivity contribution in [1.29, 1.82) is 0 Å². The summed E-state index contributed by atoms with van der Waals surface area (Å²) in [6.07, 6.45) is 1.08. The molecule has 1 amide bonds. The molecule has 0 aromatic heterocycles. The van der Waals surface area contributed by atoms with Crippen molar-refractivity contribution < 1.29 is 14.4 Å². The molecule has 0 saturated carbocycles. The fraction of sp³-hybridized carbons (Fsp3) is 0.471. The Morgan fingerprint density at radius 2 is 1.91 bits per heavy atom. The molecule has 5 heteroatoms. The Bertz CT molecular complexity index is 595. The third kappa shape index (κ3) is 3.40. The highest BCUT2D eigenvalue weighted by atomic mass is 32.2. The van der Waals surface area contributed by atoms with E-state index in [4.69, 9.17) is 0 Å². The van der Waals surface area contributed by atoms with Gasteiger partial charge in [-0.15, -0.1) is 0 Å². The Morgan fingerprint density at radius 1 is 1.27 bits per heavy atom. The molecule has 22 heavy (non-hydrogen) atoms. The molecule has 0 spiro atoms. The minimum Gasteiger partial charge on any atom is -0.342 e. The largest absolute Gasteiger partial charge is 0.342 e. The lowest BCUT2D eigenvalue weighted by atomic mass is 9.92. The summed E-state index contributed by atoms with van der Waals surface area (Å²) in [5.41, 5.74) is 3.30. The lowest BCUT2D eigenvalue weighted by molar-refractivity contribution is -0.136. The number of thioether (sulfide) groups is 1. The molecule has 1 heterocycles. The molecule has 1 fully saturated rings. The number of carbonyl (C=O) groups is 3. The Hall–Kier alpha value is -1.62. The van der Waals surface area contributed by atoms with Crippen molar-refractivity contribution in [1.82, 2.24) is 5.32 Å². The number of rotatable bonds is 5. The lowest BCUT2D eigenvalue weighted by Gasteiger charge is -2.26. The maximum Gasteiger partial charge on any atom is 0.225 e. The quantitative estimate of drug-likeness (QED) is 0.665. The number of aldehydes is 1. The van der Waals surface area contributed by atoms with E-state index < -0.39 is 11.3 Å². The van der Waals surface area contributed by atoms with Gasteiger partial charge in [0.05, 0.1) is 6.42 Å². The number of nitrogens with one attached hydrogen (secondary N) is 1. The zero-order valence-corrected chi connectivity index (χ0v) is 14.0. The second-order valence-electron chi connectivity index (χ2n) is 5.97. The van der Waals surface area contributed by atoms with Gasteiger partial charge in [0.1, 0.15) is 5.54 Å². The molecule has 1 aliphatic heterocycles. The van der Waals surface area contributed by atoms with Crippen LogP contribution >= 0.6 is 11.8 Å². The first-order chi connectivity index (χ1) is 10.4. The highest BCUT2D eigenvalue weighted by Gasteiger charge is 2.42. The lowest BCUT2D eigenvalue weighted by Crippen LogP contribution is -2.55. The third-order valence-electron chi connectivity index (χ3n) is 4.16. The summed E-state index contributed by atoms with van der Waals surface area (Å²) in [6.45, 7) is 6.00. The van der Waals surface area contributed by atoms with Crippen molar-refractivity contribution >= 4 is 29.7 Å². The van der Waals surface area contributed by atoms with Gasteiger partial charge < -0.3 is 5.32 Å². The first kappa shape index (κ1) is 16.7. The van der Waals surface area contributed by atoms with Crippen LogP contribution in [0.25, 0.3) is 0 Å². The molecular weight excluding hydrogens is 298 g/mol. The predicted molar refractivity (Wildman–Crippen MR) is 88.2 cm³/mol. The van der Waals surface area contributed by atoms with E-state index in [-0.39, 0.29) is 12.3 Å². The van der Waals surface area contributed by atoms with Gasteiger partial charge in [-0.3, -0.25) is 14.4 Å². The van der Waals surface area contributed by atoms with Crippen molar-refractivity contribution in [3.05, 3.63) is 34.4 Å². The molecule has 2 rings (SSSR count). The van der Waals surface area contributed by atoms with Crippen LogP contribution in [0.5, 0.6) is 0 Å². The molecule has 1 saturated heterocycles. The molecular formula is C17H21NO3S. The van der Waals surface area contributed by atoms with E-state index in [1.165, 1.54) is 5.56 Å². The molecule has 0 bridgehead atoms. The number of ketones is 1. The summed E-state index contributed by atoms with van der Waals surface area (Å²) in [7, 11) is 0. The molecule has 0 aliphatic carbocycles. The maximum absolute atomic E-state index is 12.4. The second kappa shape index (κ2) is 6.65. The van der Waals surface area contributed by atoms with Gasteiger partial charge in [0.15, 0.2) is 6.29 Å². The van der Waals surface area contributed by atoms with Gasteiger partial charge in [-0.05, 0) is 49.6 Å². The Kier molecular flexibility index (Phi) is 5.06. The van der Waals surface area contributed by atoms with Crippen LogP contribution in [-0.2, 0) is 20.8 Å². The summed E-state index contributed by atoms with van der Waals surface area (Å²) < 4.78 is 0. The van der Waals surface area contributed by atoms with Crippen LogP contribution in [0.2, 0.25) is 0 Å². The van der Waals surface area contributed by atoms with Gasteiger partial charge in [-0.1, -0.05) is 17.7 Å². The Labute approximate surface area is 135 Å². The SMILES string of the molecule is Cc1cc(C)c(CC(=O)NC2(C(=O)C=O)CCSC2)c(C)c1. The van der Waals surface area contributed by atoms with Crippen LogP contribution in [0.15, 0.2) is 12.1 Å². The summed E-state index contributed by atoms with van der Waals surface area (Å²) >= 11 is 1.59. The highest BCUT2D eigenvalue weighted by molar-refractivity contribution is 7.99. The van der Waals surface area contributed by atoms with Gasteiger partial charge >= 0.3 is 0 Å². The van der Waals surface area contributed by atoms with Gasteiger partial charge in [0.2, 0.25) is 11.7 Å². The van der Waals surface area contributed by atoms with Gasteiger partial charge in [0.25, 0.3) is 0 Å². The van der Waals surface area contributed by atoms with Crippen LogP contribution in [0.1, 0.15) is 28.7 Å². The number of Topliss-reactive ketones (excluding diaryl/α,β-unsaturated/α-hetero) is 1. The topological polar surface area (TPSA) is 63.2 Å². The average Bonchev–Trinajstić information content (AvgIpc) is 2.91. The number of amides is 1. The molecule has 0 radical (unpaired) electrons. The van der Waals surface area contributed by atoms with Crippen LogP contribution in [0, 0.1) is 20.8 Å². The first-order valence-electron chi connectivity index (χ1n) is 7.33. The second-order valence-corrected chi connectivity index (χ2v) is 7.07. The first-order valence-corrected chi connectivity index (χ1v) is 8.48. The highest BCUT2D eigenvalue weighted by Crippen LogP contribution is 2.29. The smallest absolute Gasteiger partial charge is 0.225 e. The van der Waals surface area contributed by atoms with E-state index in [2.05, 4.69) is 5.32 Å². The molecule has 1 unspecified atom stereocenters. The molecule has 1 aromatic carbocycles. The third-order valence-corrected chi connectivity index (χ3v) is 5.35. The summed E-state index contributed by atoms with van der Waals surface area (Å²) in [5, 5.41) is 2.82. The van der Waals surface area contributed by atoms with E-state index >= 15 is 0 Å². The van der Waals surface area contributed by atoms with Crippen molar-refractivity contribution in [2.45, 2.75) is 39.2 Å². The van der Waals surface area contributed by atoms with E-state index in [1.807, 2.05) is 32.9 Å². The Balaban J connectivity index is 2.16. The van der Waals surface area contributed by atoms with Crippen LogP contribution < -0.4 is 5.32 Å². The normalized spacial score (nSPS) is 20.7. The fourth-order valence-electron chi connectivity index (χ4n) is 2.99. The molecule has 4 nitrogen and oxygen atoms in total. The molecule has 1 aliphatic rings. The number of hydrogen-bond acceptors (Lipinski definition) is 4. The van der Waals surface area contributed by atoms with E-state index in [1.54, 1.807) is 11.8 Å². The zero-order valence-electron chi connectivity index (χ0n) is 13.2. The van der Waals surface area contributed by atoms with Crippen LogP contribution in [0.4, 0.5) is 0 Å². The van der Waals surface area contributed by atoms with Crippen molar-refractivity contribution in [3.8, 4) is 0 Å². The fourth-order valence-corrected chi connectivity index (χ4v) is 4.34. The minimum absolute atomic E-state index is 0.201. The van der Waals surface area contributed by atoms with Gasteiger partial charge in [-0.25, -0.2) is 0 Å². The maximum atomic E-state index is 12.4. The predicted octanol–water partition coefficient (Wildman–Crippen LogP) is 1.91. The molecule has 1 aromatic rings. The summed E-state index contributed by atoms with van der Waals surface area (Å²) in [6, 6.07) is 4.10. The average molecular weight is 319 g/mol. The van der Waals surface area contributed by atoms with Crippen LogP contribution in [-0.4, -0.2) is 35.0 Å².